The van der Waals surface area contributed by atoms with Gasteiger partial charge in [0.15, 0.2) is 0 Å². The number of pyridine rings is 1. The van der Waals surface area contributed by atoms with Crippen LogP contribution in [0.3, 0.4) is 0 Å². The second kappa shape index (κ2) is 22.4. The standard InChI is InChI=1S/C110H64N2O3/c1-55-56(2)89-69(70-44-51-85-90(88(55)70)57(3)59(5)111(6)108(85)113)35-36-71-72-41-48-82-98-68(61-20-12-8-13-21-61)33-32-66(92(98)81-47-34-67(58(4)91(71)89)97(72)103(81)82)54-60-28-30-65(31-29-60)96-94(63-24-16-10-17-25-63)93(62-22-14-9-15-23-62)95(64-26-18-11-19-27-64)106-83-49-42-77-73-37-39-75-79-45-52-86-105-87(110(115)112(7)109(86)114)53-46-80(102(79)105)76-40-38-74(99(73)100(75)76)78-43-50-84(107(96)106)104(83)101(77)78/h8-53H,1-5,54H2,6-7H3. The SMILES string of the molecule is C=c1c(=C)n(C)c(=O)c2ccc3c4ccc5c6ccc7c8c(ccc(c(=C)c5c4c(=C)c(=C)c3c12)c86)-c1c(Cc2ccc(-c3c(-c4ccccc4)c(-c4ccccc4)c(-c4ccccc4)c4c3-c3ccc5c6ccc8c9ccc%10c%11c(ccc(c%12ccc(c%13ccc-4c3c%135)c6c%128)c%119)C(=O)N(C)C%10=O)cc2)ccc(-c2ccccc2)c1-7. The molecule has 1 aliphatic heterocycles. The van der Waals surface area contributed by atoms with E-state index in [4.69, 9.17) is 19.7 Å². The summed E-state index contributed by atoms with van der Waals surface area (Å²) >= 11 is 0. The first-order valence-electron chi connectivity index (χ1n) is 39.4. The molecule has 0 N–H and O–H groups in total. The van der Waals surface area contributed by atoms with Gasteiger partial charge in [-0.3, -0.25) is 19.3 Å². The number of hydrogen-bond acceptors (Lipinski definition) is 3. The van der Waals surface area contributed by atoms with Crippen molar-refractivity contribution in [2.24, 2.45) is 7.05 Å². The van der Waals surface area contributed by atoms with Crippen molar-refractivity contribution >= 4 is 185 Å². The molecule has 25 rings (SSSR count). The van der Waals surface area contributed by atoms with Crippen LogP contribution in [0.5, 0.6) is 0 Å². The lowest BCUT2D eigenvalue weighted by atomic mass is 9.76. The average Bonchev–Trinajstić information content (AvgIpc) is 1.52. The minimum absolute atomic E-state index is 0.114. The van der Waals surface area contributed by atoms with Crippen molar-refractivity contribution in [1.29, 1.82) is 0 Å². The molecule has 115 heavy (non-hydrogen) atoms. The predicted molar refractivity (Wildman–Crippen MR) is 485 cm³/mol. The lowest BCUT2D eigenvalue weighted by Gasteiger charge is -2.26. The molecule has 0 saturated heterocycles. The van der Waals surface area contributed by atoms with Crippen LogP contribution in [0.4, 0.5) is 0 Å². The summed E-state index contributed by atoms with van der Waals surface area (Å²) in [5.41, 5.74) is 25.0. The Hall–Kier alpha value is -14.9. The van der Waals surface area contributed by atoms with Gasteiger partial charge in [0.25, 0.3) is 17.4 Å². The average molecular weight is 1460 g/mol. The summed E-state index contributed by atoms with van der Waals surface area (Å²) in [7, 11) is 3.33. The van der Waals surface area contributed by atoms with E-state index in [-0.39, 0.29) is 17.4 Å². The molecule has 532 valence electrons. The topological polar surface area (TPSA) is 59.4 Å². The second-order valence-electron chi connectivity index (χ2n) is 32.1. The van der Waals surface area contributed by atoms with Crippen LogP contribution in [0, 0.1) is 0 Å². The van der Waals surface area contributed by atoms with Crippen molar-refractivity contribution in [1.82, 2.24) is 9.47 Å². The molecule has 0 radical (unpaired) electrons. The Kier molecular flexibility index (Phi) is 12.5. The predicted octanol–water partition coefficient (Wildman–Crippen LogP) is 23.5. The zero-order chi connectivity index (χ0) is 76.7. The number of aromatic nitrogens is 1. The third-order valence-corrected chi connectivity index (χ3v) is 26.8. The smallest absolute Gasteiger partial charge is 0.261 e. The number of nitrogens with zero attached hydrogens (tertiary/aromatic N) is 2. The van der Waals surface area contributed by atoms with Crippen LogP contribution in [0.2, 0.25) is 0 Å². The maximum Gasteiger partial charge on any atom is 0.261 e. The lowest BCUT2D eigenvalue weighted by molar-refractivity contribution is 0.0650. The molecule has 21 aromatic carbocycles. The Morgan fingerprint density at radius 1 is 0.226 bits per heavy atom. The molecule has 0 bridgehead atoms. The van der Waals surface area contributed by atoms with E-state index in [2.05, 4.69) is 274 Å². The molecule has 2 aliphatic carbocycles. The van der Waals surface area contributed by atoms with Gasteiger partial charge in [-0.2, -0.15) is 0 Å². The van der Waals surface area contributed by atoms with E-state index in [0.717, 1.165) is 119 Å². The first-order chi connectivity index (χ1) is 56.3. The van der Waals surface area contributed by atoms with Crippen molar-refractivity contribution in [3.05, 3.63) is 338 Å². The third-order valence-electron chi connectivity index (χ3n) is 26.8. The third kappa shape index (κ3) is 7.98. The first kappa shape index (κ1) is 63.8. The molecule has 1 aromatic heterocycles. The lowest BCUT2D eigenvalue weighted by Crippen LogP contribution is -2.41. The number of fused-ring (bicyclic) bond motifs is 18. The van der Waals surface area contributed by atoms with Gasteiger partial charge < -0.3 is 4.57 Å². The summed E-state index contributed by atoms with van der Waals surface area (Å²) < 4.78 is 1.58. The normalized spacial score (nSPS) is 13.0. The molecular formula is C110H64N2O3. The van der Waals surface area contributed by atoms with Gasteiger partial charge in [-0.25, -0.2) is 0 Å². The highest BCUT2D eigenvalue weighted by molar-refractivity contribution is 6.46. The maximum absolute atomic E-state index is 13.8. The molecule has 0 saturated carbocycles. The van der Waals surface area contributed by atoms with E-state index in [9.17, 15) is 14.4 Å². The van der Waals surface area contributed by atoms with Gasteiger partial charge in [0.05, 0.1) is 0 Å². The number of amides is 2. The number of benzene rings is 21. The number of carbonyl (C=O) groups excluding carboxylic acids is 2. The van der Waals surface area contributed by atoms with Crippen molar-refractivity contribution in [3.8, 4) is 100 Å². The van der Waals surface area contributed by atoms with Crippen molar-refractivity contribution in [3.63, 3.8) is 0 Å². The zero-order valence-corrected chi connectivity index (χ0v) is 62.9. The Labute approximate surface area is 658 Å². The fourth-order valence-electron chi connectivity index (χ4n) is 21.8. The first-order valence-corrected chi connectivity index (χ1v) is 39.4. The Bertz CT molecular complexity index is 8650. The summed E-state index contributed by atoms with van der Waals surface area (Å²) in [6.45, 7) is 23.3. The Balaban J connectivity index is 0.688. The fourth-order valence-corrected chi connectivity index (χ4v) is 21.8. The van der Waals surface area contributed by atoms with Gasteiger partial charge in [-0.15, -0.1) is 0 Å². The molecule has 0 spiro atoms. The highest BCUT2D eigenvalue weighted by Crippen LogP contribution is 2.64. The van der Waals surface area contributed by atoms with E-state index >= 15 is 0 Å². The number of imide groups is 1. The minimum Gasteiger partial charge on any atom is -0.311 e. The summed E-state index contributed by atoms with van der Waals surface area (Å²) in [6, 6.07) is 103. The molecule has 5 nitrogen and oxygen atoms in total. The monoisotopic (exact) mass is 1460 g/mol. The van der Waals surface area contributed by atoms with E-state index in [1.165, 1.54) is 148 Å². The highest BCUT2D eigenvalue weighted by Gasteiger charge is 2.38. The van der Waals surface area contributed by atoms with Gasteiger partial charge >= 0.3 is 0 Å². The van der Waals surface area contributed by atoms with Gasteiger partial charge in [-0.1, -0.05) is 294 Å². The molecule has 2 amide bonds. The fraction of sp³-hybridized carbons (Fsp3) is 0.0273. The van der Waals surface area contributed by atoms with Crippen molar-refractivity contribution < 1.29 is 9.59 Å². The molecule has 0 unspecified atom stereocenters. The quantitative estimate of drug-likeness (QED) is 0.0908. The molecule has 3 aliphatic rings. The number of hydrogen-bond donors (Lipinski definition) is 0. The number of rotatable bonds is 7. The van der Waals surface area contributed by atoms with Crippen LogP contribution in [0.15, 0.2) is 284 Å². The van der Waals surface area contributed by atoms with E-state index < -0.39 is 0 Å². The van der Waals surface area contributed by atoms with E-state index in [0.29, 0.717) is 33.5 Å². The largest absolute Gasteiger partial charge is 0.311 e. The van der Waals surface area contributed by atoms with Crippen molar-refractivity contribution in [2.45, 2.75) is 6.42 Å². The van der Waals surface area contributed by atoms with Gasteiger partial charge in [-0.05, 0) is 281 Å². The van der Waals surface area contributed by atoms with Crippen LogP contribution >= 0.6 is 0 Å². The highest BCUT2D eigenvalue weighted by atomic mass is 16.2. The van der Waals surface area contributed by atoms with Gasteiger partial charge in [0.1, 0.15) is 0 Å². The summed E-state index contributed by atoms with van der Waals surface area (Å²) in [5, 5.41) is 31.7. The number of carbonyl (C=O) groups is 2. The van der Waals surface area contributed by atoms with Crippen LogP contribution < -0.4 is 31.8 Å². The van der Waals surface area contributed by atoms with Crippen LogP contribution in [0.25, 0.3) is 273 Å². The van der Waals surface area contributed by atoms with Crippen LogP contribution in [-0.4, -0.2) is 28.3 Å². The second-order valence-corrected chi connectivity index (χ2v) is 32.1. The van der Waals surface area contributed by atoms with Gasteiger partial charge in [0.2, 0.25) is 0 Å². The Morgan fingerprint density at radius 2 is 0.522 bits per heavy atom. The molecule has 0 atom stereocenters. The Morgan fingerprint density at radius 3 is 0.957 bits per heavy atom. The van der Waals surface area contributed by atoms with Crippen molar-refractivity contribution in [2.75, 3.05) is 7.05 Å². The molecular weight excluding hydrogens is 1400 g/mol. The van der Waals surface area contributed by atoms with E-state index in [1.54, 1.807) is 18.7 Å². The molecule has 22 aromatic rings. The minimum atomic E-state index is -0.272. The van der Waals surface area contributed by atoms with Crippen LogP contribution in [-0.2, 0) is 13.5 Å². The molecule has 0 fully saturated rings. The van der Waals surface area contributed by atoms with Gasteiger partial charge in [0, 0.05) is 46.7 Å². The maximum atomic E-state index is 13.8. The molecule has 2 heterocycles. The molecule has 5 heteroatoms. The summed E-state index contributed by atoms with van der Waals surface area (Å²) in [5.74, 6) is -0.544. The summed E-state index contributed by atoms with van der Waals surface area (Å²) in [6.07, 6.45) is 0.690. The van der Waals surface area contributed by atoms with Crippen LogP contribution in [0.1, 0.15) is 31.8 Å². The summed E-state index contributed by atoms with van der Waals surface area (Å²) in [4.78, 5) is 42.7. The van der Waals surface area contributed by atoms with E-state index in [1.807, 2.05) is 18.2 Å². The zero-order valence-electron chi connectivity index (χ0n) is 62.9.